The molecular weight excluding hydrogens is 266 g/mol. The molecule has 0 aliphatic heterocycles. The number of carbonyl (C=O) groups excluding carboxylic acids is 1. The van der Waals surface area contributed by atoms with Crippen LogP contribution in [0.3, 0.4) is 0 Å². The van der Waals surface area contributed by atoms with Crippen molar-refractivity contribution in [1.29, 1.82) is 0 Å². The second-order valence-corrected chi connectivity index (χ2v) is 4.67. The zero-order valence-corrected chi connectivity index (χ0v) is 11.6. The second kappa shape index (κ2) is 5.24. The fourth-order valence-corrected chi connectivity index (χ4v) is 2.24. The largest absolute Gasteiger partial charge is 0.395 e. The summed E-state index contributed by atoms with van der Waals surface area (Å²) in [5.41, 5.74) is 8.01. The summed E-state index contributed by atoms with van der Waals surface area (Å²) in [5, 5.41) is 11.5. The SMILES string of the molecule is CCc1[nH]nc(C(=O)Nc2cccc3cnccc23)c1N. The molecule has 0 bridgehead atoms. The van der Waals surface area contributed by atoms with E-state index in [2.05, 4.69) is 20.5 Å². The minimum absolute atomic E-state index is 0.220. The van der Waals surface area contributed by atoms with E-state index in [1.807, 2.05) is 31.2 Å². The van der Waals surface area contributed by atoms with E-state index < -0.39 is 0 Å². The van der Waals surface area contributed by atoms with Gasteiger partial charge in [0.05, 0.1) is 11.4 Å². The van der Waals surface area contributed by atoms with Gasteiger partial charge in [0.2, 0.25) is 0 Å². The van der Waals surface area contributed by atoms with Crippen molar-refractivity contribution >= 4 is 28.1 Å². The van der Waals surface area contributed by atoms with Crippen molar-refractivity contribution in [1.82, 2.24) is 15.2 Å². The summed E-state index contributed by atoms with van der Waals surface area (Å²) in [7, 11) is 0. The number of nitrogen functional groups attached to an aromatic ring is 1. The summed E-state index contributed by atoms with van der Waals surface area (Å²) in [5.74, 6) is -0.326. The summed E-state index contributed by atoms with van der Waals surface area (Å²) in [6.45, 7) is 1.95. The van der Waals surface area contributed by atoms with Crippen LogP contribution < -0.4 is 11.1 Å². The summed E-state index contributed by atoms with van der Waals surface area (Å²) >= 11 is 0. The number of benzene rings is 1. The van der Waals surface area contributed by atoms with Gasteiger partial charge in [0, 0.05) is 28.9 Å². The number of pyridine rings is 1. The third kappa shape index (κ3) is 2.31. The van der Waals surface area contributed by atoms with Crippen molar-refractivity contribution in [3.05, 3.63) is 48.0 Å². The number of nitrogens with two attached hydrogens (primary N) is 1. The molecule has 3 aromatic rings. The van der Waals surface area contributed by atoms with Gasteiger partial charge in [0.25, 0.3) is 5.91 Å². The molecule has 1 aromatic carbocycles. The van der Waals surface area contributed by atoms with Crippen LogP contribution in [0.5, 0.6) is 0 Å². The number of rotatable bonds is 3. The van der Waals surface area contributed by atoms with Crippen molar-refractivity contribution < 1.29 is 4.79 Å². The second-order valence-electron chi connectivity index (χ2n) is 4.67. The predicted molar refractivity (Wildman–Crippen MR) is 82.1 cm³/mol. The van der Waals surface area contributed by atoms with Gasteiger partial charge in [-0.25, -0.2) is 0 Å². The maximum atomic E-state index is 12.3. The summed E-state index contributed by atoms with van der Waals surface area (Å²) in [4.78, 5) is 16.4. The minimum Gasteiger partial charge on any atom is -0.395 e. The number of aryl methyl sites for hydroxylation is 1. The molecule has 0 aliphatic carbocycles. The van der Waals surface area contributed by atoms with Crippen LogP contribution in [-0.2, 0) is 6.42 Å². The third-order valence-electron chi connectivity index (χ3n) is 3.38. The highest BCUT2D eigenvalue weighted by atomic mass is 16.2. The van der Waals surface area contributed by atoms with E-state index in [9.17, 15) is 4.79 Å². The van der Waals surface area contributed by atoms with Gasteiger partial charge in [-0.2, -0.15) is 5.10 Å². The number of carbonyl (C=O) groups is 1. The van der Waals surface area contributed by atoms with Crippen molar-refractivity contribution in [2.24, 2.45) is 0 Å². The van der Waals surface area contributed by atoms with Gasteiger partial charge >= 0.3 is 0 Å². The van der Waals surface area contributed by atoms with Crippen molar-refractivity contribution in [2.75, 3.05) is 11.1 Å². The third-order valence-corrected chi connectivity index (χ3v) is 3.38. The molecule has 4 N–H and O–H groups in total. The number of nitrogens with zero attached hydrogens (tertiary/aromatic N) is 2. The van der Waals surface area contributed by atoms with Gasteiger partial charge in [0.15, 0.2) is 5.69 Å². The zero-order valence-electron chi connectivity index (χ0n) is 11.6. The van der Waals surface area contributed by atoms with E-state index in [1.54, 1.807) is 12.4 Å². The molecular formula is C15H15N5O. The topological polar surface area (TPSA) is 96.7 Å². The highest BCUT2D eigenvalue weighted by Crippen LogP contribution is 2.23. The summed E-state index contributed by atoms with van der Waals surface area (Å²) in [6, 6.07) is 7.50. The standard InChI is InChI=1S/C15H15N5O/c1-2-11-13(16)14(20-19-11)15(21)18-12-5-3-4-9-8-17-7-6-10(9)12/h3-8H,2,16H2,1H3,(H,18,21)(H,19,20). The van der Waals surface area contributed by atoms with Gasteiger partial charge in [-0.3, -0.25) is 14.9 Å². The number of aromatic nitrogens is 3. The Morgan fingerprint density at radius 1 is 1.38 bits per heavy atom. The van der Waals surface area contributed by atoms with Gasteiger partial charge in [-0.1, -0.05) is 19.1 Å². The summed E-state index contributed by atoms with van der Waals surface area (Å²) in [6.07, 6.45) is 4.14. The number of hydrogen-bond acceptors (Lipinski definition) is 4. The number of hydrogen-bond donors (Lipinski definition) is 3. The van der Waals surface area contributed by atoms with Crippen LogP contribution in [0.2, 0.25) is 0 Å². The van der Waals surface area contributed by atoms with E-state index >= 15 is 0 Å². The van der Waals surface area contributed by atoms with Crippen molar-refractivity contribution in [2.45, 2.75) is 13.3 Å². The first-order valence-corrected chi connectivity index (χ1v) is 6.67. The Labute approximate surface area is 121 Å². The van der Waals surface area contributed by atoms with Crippen LogP contribution >= 0.6 is 0 Å². The molecule has 1 amide bonds. The fourth-order valence-electron chi connectivity index (χ4n) is 2.24. The lowest BCUT2D eigenvalue weighted by atomic mass is 10.1. The number of H-pyrrole nitrogens is 1. The normalized spacial score (nSPS) is 10.7. The van der Waals surface area contributed by atoms with E-state index in [0.29, 0.717) is 17.8 Å². The molecule has 21 heavy (non-hydrogen) atoms. The molecule has 2 heterocycles. The molecule has 106 valence electrons. The molecule has 0 fully saturated rings. The minimum atomic E-state index is -0.326. The van der Waals surface area contributed by atoms with Crippen LogP contribution in [0, 0.1) is 0 Å². The molecule has 2 aromatic heterocycles. The molecule has 0 saturated heterocycles. The first-order chi connectivity index (χ1) is 10.2. The van der Waals surface area contributed by atoms with Crippen LogP contribution in [0.15, 0.2) is 36.7 Å². The maximum Gasteiger partial charge on any atom is 0.278 e. The Kier molecular flexibility index (Phi) is 3.27. The molecule has 0 spiro atoms. The average molecular weight is 281 g/mol. The molecule has 3 rings (SSSR count). The van der Waals surface area contributed by atoms with Crippen LogP contribution in [0.1, 0.15) is 23.1 Å². The Hall–Kier alpha value is -2.89. The van der Waals surface area contributed by atoms with E-state index in [0.717, 1.165) is 16.5 Å². The van der Waals surface area contributed by atoms with Gasteiger partial charge in [0.1, 0.15) is 0 Å². The highest BCUT2D eigenvalue weighted by Gasteiger charge is 2.17. The fraction of sp³-hybridized carbons (Fsp3) is 0.133. The lowest BCUT2D eigenvalue weighted by Crippen LogP contribution is -2.14. The zero-order chi connectivity index (χ0) is 14.8. The number of amides is 1. The maximum absolute atomic E-state index is 12.3. The van der Waals surface area contributed by atoms with Gasteiger partial charge < -0.3 is 11.1 Å². The van der Waals surface area contributed by atoms with Crippen LogP contribution in [-0.4, -0.2) is 21.1 Å². The Morgan fingerprint density at radius 2 is 2.24 bits per heavy atom. The number of aromatic amines is 1. The molecule has 6 nitrogen and oxygen atoms in total. The van der Waals surface area contributed by atoms with Crippen molar-refractivity contribution in [3.8, 4) is 0 Å². The number of nitrogens with one attached hydrogen (secondary N) is 2. The molecule has 0 saturated carbocycles. The predicted octanol–water partition coefficient (Wildman–Crippen LogP) is 2.35. The smallest absolute Gasteiger partial charge is 0.278 e. The van der Waals surface area contributed by atoms with Gasteiger partial charge in [-0.15, -0.1) is 0 Å². The van der Waals surface area contributed by atoms with E-state index in [1.165, 1.54) is 0 Å². The average Bonchev–Trinajstić information content (AvgIpc) is 2.88. The number of anilines is 2. The quantitative estimate of drug-likeness (QED) is 0.686. The molecule has 0 unspecified atom stereocenters. The molecule has 0 atom stereocenters. The van der Waals surface area contributed by atoms with E-state index in [-0.39, 0.29) is 11.6 Å². The summed E-state index contributed by atoms with van der Waals surface area (Å²) < 4.78 is 0. The van der Waals surface area contributed by atoms with Gasteiger partial charge in [-0.05, 0) is 18.6 Å². The molecule has 0 aliphatic rings. The Balaban J connectivity index is 1.95. The lowest BCUT2D eigenvalue weighted by Gasteiger charge is -2.07. The van der Waals surface area contributed by atoms with E-state index in [4.69, 9.17) is 5.73 Å². The highest BCUT2D eigenvalue weighted by molar-refractivity contribution is 6.10. The monoisotopic (exact) mass is 281 g/mol. The Bertz CT molecular complexity index is 803. The molecule has 6 heteroatoms. The van der Waals surface area contributed by atoms with Crippen LogP contribution in [0.4, 0.5) is 11.4 Å². The Morgan fingerprint density at radius 3 is 3.00 bits per heavy atom. The number of fused-ring (bicyclic) bond motifs is 1. The first-order valence-electron chi connectivity index (χ1n) is 6.67. The van der Waals surface area contributed by atoms with Crippen molar-refractivity contribution in [3.63, 3.8) is 0 Å². The first kappa shape index (κ1) is 13.1. The molecule has 0 radical (unpaired) electrons. The van der Waals surface area contributed by atoms with Crippen LogP contribution in [0.25, 0.3) is 10.8 Å². The lowest BCUT2D eigenvalue weighted by molar-refractivity contribution is 0.102.